The SMILES string of the molecule is COc1cc(C=NNC(=O)c2cc(C)n(-c3ccccc3)c2C)ccc1OCC(=O)Nc1c(C)cc(C)cc1C. The van der Waals surface area contributed by atoms with Crippen LogP contribution in [-0.2, 0) is 4.79 Å². The molecule has 0 bridgehead atoms. The number of methoxy groups -OCH3 is 1. The van der Waals surface area contributed by atoms with Gasteiger partial charge in [0.2, 0.25) is 0 Å². The van der Waals surface area contributed by atoms with Gasteiger partial charge < -0.3 is 19.4 Å². The highest BCUT2D eigenvalue weighted by molar-refractivity contribution is 5.96. The smallest absolute Gasteiger partial charge is 0.273 e. The molecule has 4 aromatic rings. The summed E-state index contributed by atoms with van der Waals surface area (Å²) in [6, 6.07) is 21.0. The zero-order valence-corrected chi connectivity index (χ0v) is 23.7. The lowest BCUT2D eigenvalue weighted by Crippen LogP contribution is -2.21. The van der Waals surface area contributed by atoms with Crippen LogP contribution in [0.4, 0.5) is 5.69 Å². The zero-order valence-electron chi connectivity index (χ0n) is 23.7. The fourth-order valence-electron chi connectivity index (χ4n) is 4.77. The van der Waals surface area contributed by atoms with E-state index in [9.17, 15) is 9.59 Å². The molecule has 8 nitrogen and oxygen atoms in total. The third kappa shape index (κ3) is 6.40. The highest BCUT2D eigenvalue weighted by Gasteiger charge is 2.16. The molecule has 0 aliphatic carbocycles. The highest BCUT2D eigenvalue weighted by Crippen LogP contribution is 2.28. The summed E-state index contributed by atoms with van der Waals surface area (Å²) in [5.74, 6) is 0.294. The van der Waals surface area contributed by atoms with E-state index in [1.54, 1.807) is 18.2 Å². The van der Waals surface area contributed by atoms with Crippen molar-refractivity contribution in [2.45, 2.75) is 34.6 Å². The van der Waals surface area contributed by atoms with Gasteiger partial charge in [-0.15, -0.1) is 0 Å². The van der Waals surface area contributed by atoms with Gasteiger partial charge >= 0.3 is 0 Å². The minimum absolute atomic E-state index is 0.173. The Hall–Kier alpha value is -4.85. The first-order chi connectivity index (χ1) is 19.2. The number of carbonyl (C=O) groups is 2. The number of hydrazone groups is 1. The molecule has 206 valence electrons. The van der Waals surface area contributed by atoms with Crippen LogP contribution >= 0.6 is 0 Å². The fraction of sp³-hybridized carbons (Fsp3) is 0.219. The summed E-state index contributed by atoms with van der Waals surface area (Å²) in [5, 5.41) is 7.05. The molecule has 2 N–H and O–H groups in total. The van der Waals surface area contributed by atoms with Gasteiger partial charge in [0.1, 0.15) is 0 Å². The summed E-state index contributed by atoms with van der Waals surface area (Å²) >= 11 is 0. The van der Waals surface area contributed by atoms with Crippen LogP contribution in [0, 0.1) is 34.6 Å². The van der Waals surface area contributed by atoms with Gasteiger partial charge in [0.15, 0.2) is 18.1 Å². The van der Waals surface area contributed by atoms with Gasteiger partial charge in [-0.2, -0.15) is 5.10 Å². The largest absolute Gasteiger partial charge is 0.493 e. The molecule has 0 saturated carbocycles. The summed E-state index contributed by atoms with van der Waals surface area (Å²) in [4.78, 5) is 25.4. The predicted molar refractivity (Wildman–Crippen MR) is 158 cm³/mol. The van der Waals surface area contributed by atoms with Crippen LogP contribution in [0.3, 0.4) is 0 Å². The molecule has 4 rings (SSSR count). The van der Waals surface area contributed by atoms with Crippen LogP contribution in [0.5, 0.6) is 11.5 Å². The van der Waals surface area contributed by atoms with Gasteiger partial charge in [-0.3, -0.25) is 9.59 Å². The summed E-state index contributed by atoms with van der Waals surface area (Å²) in [7, 11) is 1.52. The van der Waals surface area contributed by atoms with Crippen molar-refractivity contribution in [1.29, 1.82) is 0 Å². The van der Waals surface area contributed by atoms with Crippen molar-refractivity contribution in [3.63, 3.8) is 0 Å². The van der Waals surface area contributed by atoms with Crippen molar-refractivity contribution < 1.29 is 19.1 Å². The number of nitrogens with zero attached hydrogens (tertiary/aromatic N) is 2. The Morgan fingerprint density at radius 1 is 0.900 bits per heavy atom. The van der Waals surface area contributed by atoms with Crippen LogP contribution in [0.1, 0.15) is 44.0 Å². The lowest BCUT2D eigenvalue weighted by atomic mass is 10.1. The number of hydrogen-bond donors (Lipinski definition) is 2. The van der Waals surface area contributed by atoms with E-state index in [1.165, 1.54) is 13.3 Å². The third-order valence-corrected chi connectivity index (χ3v) is 6.56. The first-order valence-electron chi connectivity index (χ1n) is 12.9. The lowest BCUT2D eigenvalue weighted by molar-refractivity contribution is -0.118. The first-order valence-corrected chi connectivity index (χ1v) is 12.9. The van der Waals surface area contributed by atoms with E-state index in [4.69, 9.17) is 9.47 Å². The number of aromatic nitrogens is 1. The van der Waals surface area contributed by atoms with Crippen LogP contribution < -0.4 is 20.2 Å². The van der Waals surface area contributed by atoms with E-state index in [1.807, 2.05) is 87.7 Å². The minimum Gasteiger partial charge on any atom is -0.493 e. The van der Waals surface area contributed by atoms with Crippen molar-refractivity contribution in [3.8, 4) is 17.2 Å². The normalized spacial score (nSPS) is 10.9. The molecule has 1 heterocycles. The first kappa shape index (κ1) is 28.2. The molecule has 2 amide bonds. The van der Waals surface area contributed by atoms with Crippen LogP contribution in [0.15, 0.2) is 71.8 Å². The Kier molecular flexibility index (Phi) is 8.69. The third-order valence-electron chi connectivity index (χ3n) is 6.56. The maximum absolute atomic E-state index is 12.8. The van der Waals surface area contributed by atoms with Crippen LogP contribution in [0.2, 0.25) is 0 Å². The lowest BCUT2D eigenvalue weighted by Gasteiger charge is -2.14. The summed E-state index contributed by atoms with van der Waals surface area (Å²) in [6.07, 6.45) is 1.52. The Bertz CT molecular complexity index is 1550. The molecule has 0 fully saturated rings. The van der Waals surface area contributed by atoms with E-state index >= 15 is 0 Å². The number of aryl methyl sites for hydroxylation is 4. The topological polar surface area (TPSA) is 93.9 Å². The van der Waals surface area contributed by atoms with Crippen molar-refractivity contribution in [2.75, 3.05) is 19.0 Å². The molecule has 0 radical (unpaired) electrons. The van der Waals surface area contributed by atoms with E-state index < -0.39 is 0 Å². The molecular weight excluding hydrogens is 504 g/mol. The molecule has 0 saturated heterocycles. The number of amides is 2. The van der Waals surface area contributed by atoms with Gasteiger partial charge in [0.25, 0.3) is 11.8 Å². The monoisotopic (exact) mass is 538 g/mol. The van der Waals surface area contributed by atoms with Crippen LogP contribution in [0.25, 0.3) is 5.69 Å². The minimum atomic E-state index is -0.302. The maximum atomic E-state index is 12.8. The van der Waals surface area contributed by atoms with Crippen molar-refractivity contribution in [3.05, 3.63) is 106 Å². The van der Waals surface area contributed by atoms with Crippen molar-refractivity contribution in [2.24, 2.45) is 5.10 Å². The fourth-order valence-corrected chi connectivity index (χ4v) is 4.77. The molecule has 0 aliphatic rings. The van der Waals surface area contributed by atoms with Gasteiger partial charge in [-0.1, -0.05) is 35.9 Å². The van der Waals surface area contributed by atoms with E-state index in [-0.39, 0.29) is 18.4 Å². The zero-order chi connectivity index (χ0) is 28.8. The quantitative estimate of drug-likeness (QED) is 0.208. The Balaban J connectivity index is 1.38. The van der Waals surface area contributed by atoms with Gasteiger partial charge in [-0.25, -0.2) is 5.43 Å². The van der Waals surface area contributed by atoms with Gasteiger partial charge in [0.05, 0.1) is 18.9 Å². The Labute approximate surface area is 234 Å². The maximum Gasteiger partial charge on any atom is 0.273 e. The average molecular weight is 539 g/mol. The standard InChI is InChI=1S/C32H34N4O4/c1-20-14-21(2)31(22(3)15-20)34-30(37)19-40-28-13-12-25(17-29(28)39-6)18-33-35-32(38)27-16-23(4)36(24(27)5)26-10-8-7-9-11-26/h7-18H,19H2,1-6H3,(H,34,37)(H,35,38). The Morgan fingerprint density at radius 2 is 1.60 bits per heavy atom. The molecule has 8 heteroatoms. The summed E-state index contributed by atoms with van der Waals surface area (Å²) in [6.45, 7) is 9.65. The predicted octanol–water partition coefficient (Wildman–Crippen LogP) is 5.81. The Morgan fingerprint density at radius 3 is 2.27 bits per heavy atom. The second-order valence-corrected chi connectivity index (χ2v) is 9.68. The number of anilines is 1. The molecule has 0 spiro atoms. The molecule has 40 heavy (non-hydrogen) atoms. The summed E-state index contributed by atoms with van der Waals surface area (Å²) < 4.78 is 13.2. The molecule has 0 unspecified atom stereocenters. The summed E-state index contributed by atoms with van der Waals surface area (Å²) in [5.41, 5.74) is 10.6. The number of nitrogens with one attached hydrogen (secondary N) is 2. The second-order valence-electron chi connectivity index (χ2n) is 9.68. The average Bonchev–Trinajstić information content (AvgIpc) is 3.23. The van der Waals surface area contributed by atoms with E-state index in [0.29, 0.717) is 22.6 Å². The molecule has 0 atom stereocenters. The van der Waals surface area contributed by atoms with Gasteiger partial charge in [-0.05, 0) is 87.7 Å². The van der Waals surface area contributed by atoms with E-state index in [0.717, 1.165) is 39.5 Å². The number of ether oxygens (including phenoxy) is 2. The molecule has 0 aliphatic heterocycles. The van der Waals surface area contributed by atoms with Gasteiger partial charge in [0, 0.05) is 22.8 Å². The van der Waals surface area contributed by atoms with Crippen molar-refractivity contribution in [1.82, 2.24) is 9.99 Å². The molecule has 3 aromatic carbocycles. The van der Waals surface area contributed by atoms with E-state index in [2.05, 4.69) is 15.8 Å². The number of hydrogen-bond acceptors (Lipinski definition) is 5. The number of carbonyl (C=O) groups excluding carboxylic acids is 2. The van der Waals surface area contributed by atoms with Crippen LogP contribution in [-0.4, -0.2) is 36.3 Å². The number of benzene rings is 3. The second kappa shape index (κ2) is 12.3. The number of rotatable bonds is 9. The molecule has 1 aromatic heterocycles. The highest BCUT2D eigenvalue weighted by atomic mass is 16.5. The molecular formula is C32H34N4O4. The van der Waals surface area contributed by atoms with Crippen molar-refractivity contribution >= 4 is 23.7 Å². The number of para-hydroxylation sites is 1.